The van der Waals surface area contributed by atoms with Gasteiger partial charge in [0.15, 0.2) is 4.90 Å². The SMILES string of the molecule is CCNc1ccc([N+](=O)[O-])c(S(=O)(=O)NN(C)C)c1. The van der Waals surface area contributed by atoms with Gasteiger partial charge in [0.1, 0.15) is 0 Å². The Bertz CT molecular complexity index is 571. The Hall–Kier alpha value is -1.71. The van der Waals surface area contributed by atoms with Crippen LogP contribution in [-0.2, 0) is 10.0 Å². The number of hydrogen-bond donors (Lipinski definition) is 2. The van der Waals surface area contributed by atoms with Gasteiger partial charge in [-0.2, -0.15) is 0 Å². The monoisotopic (exact) mass is 288 g/mol. The van der Waals surface area contributed by atoms with Crippen molar-refractivity contribution in [1.82, 2.24) is 9.84 Å². The molecular formula is C10H16N4O4S. The number of nitrogens with one attached hydrogen (secondary N) is 2. The lowest BCUT2D eigenvalue weighted by Crippen LogP contribution is -2.36. The highest BCUT2D eigenvalue weighted by Gasteiger charge is 2.26. The smallest absolute Gasteiger partial charge is 0.289 e. The van der Waals surface area contributed by atoms with Gasteiger partial charge in [-0.25, -0.2) is 13.4 Å². The molecule has 1 rings (SSSR count). The summed E-state index contributed by atoms with van der Waals surface area (Å²) in [5.74, 6) is 0. The van der Waals surface area contributed by atoms with E-state index in [0.29, 0.717) is 12.2 Å². The van der Waals surface area contributed by atoms with Gasteiger partial charge >= 0.3 is 0 Å². The molecule has 106 valence electrons. The summed E-state index contributed by atoms with van der Waals surface area (Å²) in [6.07, 6.45) is 0. The summed E-state index contributed by atoms with van der Waals surface area (Å²) in [6, 6.07) is 3.88. The van der Waals surface area contributed by atoms with Crippen LogP contribution in [0.4, 0.5) is 11.4 Å². The Kier molecular flexibility index (Phi) is 4.81. The number of nitro benzene ring substituents is 1. The van der Waals surface area contributed by atoms with Crippen LogP contribution in [0.3, 0.4) is 0 Å². The van der Waals surface area contributed by atoms with Gasteiger partial charge in [0.2, 0.25) is 0 Å². The summed E-state index contributed by atoms with van der Waals surface area (Å²) in [5.41, 5.74) is 0.0447. The molecule has 0 heterocycles. The largest absolute Gasteiger partial charge is 0.385 e. The second kappa shape index (κ2) is 5.95. The Labute approximate surface area is 111 Å². The molecule has 0 bridgehead atoms. The van der Waals surface area contributed by atoms with E-state index in [1.165, 1.54) is 37.3 Å². The minimum Gasteiger partial charge on any atom is -0.385 e. The second-order valence-corrected chi connectivity index (χ2v) is 5.59. The van der Waals surface area contributed by atoms with E-state index in [1.54, 1.807) is 0 Å². The average molecular weight is 288 g/mol. The van der Waals surface area contributed by atoms with Crippen LogP contribution in [0, 0.1) is 10.1 Å². The van der Waals surface area contributed by atoms with E-state index in [2.05, 4.69) is 10.1 Å². The number of sulfonamides is 1. The van der Waals surface area contributed by atoms with E-state index in [4.69, 9.17) is 0 Å². The second-order valence-electron chi connectivity index (χ2n) is 3.96. The van der Waals surface area contributed by atoms with E-state index in [9.17, 15) is 18.5 Å². The lowest BCUT2D eigenvalue weighted by atomic mass is 10.3. The Morgan fingerprint density at radius 3 is 2.47 bits per heavy atom. The zero-order valence-corrected chi connectivity index (χ0v) is 11.7. The lowest BCUT2D eigenvalue weighted by molar-refractivity contribution is -0.387. The Morgan fingerprint density at radius 1 is 1.37 bits per heavy atom. The Balaban J connectivity index is 3.36. The molecular weight excluding hydrogens is 272 g/mol. The summed E-state index contributed by atoms with van der Waals surface area (Å²) in [5, 5.41) is 15.0. The van der Waals surface area contributed by atoms with Crippen molar-refractivity contribution in [2.24, 2.45) is 0 Å². The molecule has 0 aliphatic heterocycles. The summed E-state index contributed by atoms with van der Waals surface area (Å²) >= 11 is 0. The van der Waals surface area contributed by atoms with E-state index in [1.807, 2.05) is 6.92 Å². The highest BCUT2D eigenvalue weighted by Crippen LogP contribution is 2.26. The molecule has 9 heteroatoms. The van der Waals surface area contributed by atoms with Crippen molar-refractivity contribution in [3.05, 3.63) is 28.3 Å². The van der Waals surface area contributed by atoms with Crippen molar-refractivity contribution in [3.63, 3.8) is 0 Å². The summed E-state index contributed by atoms with van der Waals surface area (Å²) in [6.45, 7) is 2.42. The third-order valence-corrected chi connectivity index (χ3v) is 3.64. The van der Waals surface area contributed by atoms with E-state index < -0.39 is 20.6 Å². The third kappa shape index (κ3) is 3.88. The van der Waals surface area contributed by atoms with Crippen LogP contribution in [0.2, 0.25) is 0 Å². The number of rotatable bonds is 6. The minimum atomic E-state index is -3.98. The van der Waals surface area contributed by atoms with Gasteiger partial charge in [0.05, 0.1) is 4.92 Å². The third-order valence-electron chi connectivity index (χ3n) is 2.13. The van der Waals surface area contributed by atoms with Crippen molar-refractivity contribution in [2.45, 2.75) is 11.8 Å². The maximum absolute atomic E-state index is 12.0. The fraction of sp³-hybridized carbons (Fsp3) is 0.400. The van der Waals surface area contributed by atoms with Gasteiger partial charge in [-0.15, -0.1) is 4.83 Å². The first-order chi connectivity index (χ1) is 8.77. The predicted molar refractivity (Wildman–Crippen MR) is 71.3 cm³/mol. The highest BCUT2D eigenvalue weighted by molar-refractivity contribution is 7.89. The molecule has 0 unspecified atom stereocenters. The highest BCUT2D eigenvalue weighted by atomic mass is 32.2. The molecule has 2 N–H and O–H groups in total. The zero-order chi connectivity index (χ0) is 14.6. The number of benzene rings is 1. The number of hydrogen-bond acceptors (Lipinski definition) is 6. The Morgan fingerprint density at radius 2 is 2.00 bits per heavy atom. The van der Waals surface area contributed by atoms with Crippen molar-refractivity contribution < 1.29 is 13.3 Å². The maximum Gasteiger partial charge on any atom is 0.289 e. The molecule has 0 aliphatic rings. The quantitative estimate of drug-likeness (QED) is 0.592. The van der Waals surface area contributed by atoms with Gasteiger partial charge in [0.25, 0.3) is 15.7 Å². The first-order valence-electron chi connectivity index (χ1n) is 5.50. The average Bonchev–Trinajstić information content (AvgIpc) is 2.27. The zero-order valence-electron chi connectivity index (χ0n) is 10.9. The molecule has 1 aromatic carbocycles. The van der Waals surface area contributed by atoms with Gasteiger partial charge in [-0.1, -0.05) is 0 Å². The van der Waals surface area contributed by atoms with Crippen LogP contribution in [0.25, 0.3) is 0 Å². The molecule has 0 amide bonds. The molecule has 0 saturated heterocycles. The first-order valence-corrected chi connectivity index (χ1v) is 6.98. The maximum atomic E-state index is 12.0. The molecule has 0 saturated carbocycles. The molecule has 0 atom stereocenters. The predicted octanol–water partition coefficient (Wildman–Crippen LogP) is 0.781. The number of nitrogens with zero attached hydrogens (tertiary/aromatic N) is 2. The molecule has 0 aromatic heterocycles. The number of hydrazine groups is 1. The summed E-state index contributed by atoms with van der Waals surface area (Å²) in [4.78, 5) is 12.0. The molecule has 0 radical (unpaired) electrons. The fourth-order valence-electron chi connectivity index (χ4n) is 1.48. The van der Waals surface area contributed by atoms with Crippen molar-refractivity contribution in [2.75, 3.05) is 26.0 Å². The van der Waals surface area contributed by atoms with Crippen LogP contribution < -0.4 is 10.1 Å². The van der Waals surface area contributed by atoms with Crippen LogP contribution in [0.15, 0.2) is 23.1 Å². The van der Waals surface area contributed by atoms with Crippen molar-refractivity contribution in [3.8, 4) is 0 Å². The molecule has 0 fully saturated rings. The fourth-order valence-corrected chi connectivity index (χ4v) is 2.76. The number of anilines is 1. The van der Waals surface area contributed by atoms with Crippen LogP contribution >= 0.6 is 0 Å². The van der Waals surface area contributed by atoms with E-state index in [-0.39, 0.29) is 4.90 Å². The molecule has 0 aliphatic carbocycles. The van der Waals surface area contributed by atoms with Crippen LogP contribution in [0.1, 0.15) is 6.92 Å². The lowest BCUT2D eigenvalue weighted by Gasteiger charge is -2.13. The first kappa shape index (κ1) is 15.3. The normalized spacial score (nSPS) is 11.6. The standard InChI is InChI=1S/C10H16N4O4S/c1-4-11-8-5-6-9(14(15)16)10(7-8)19(17,18)12-13(2)3/h5-7,11-12H,4H2,1-3H3. The van der Waals surface area contributed by atoms with E-state index in [0.717, 1.165) is 0 Å². The van der Waals surface area contributed by atoms with Crippen molar-refractivity contribution >= 4 is 21.4 Å². The van der Waals surface area contributed by atoms with Gasteiger partial charge in [-0.3, -0.25) is 10.1 Å². The molecule has 19 heavy (non-hydrogen) atoms. The summed E-state index contributed by atoms with van der Waals surface area (Å²) < 4.78 is 24.1. The summed E-state index contributed by atoms with van der Waals surface area (Å²) in [7, 11) is -1.01. The van der Waals surface area contributed by atoms with Crippen LogP contribution in [0.5, 0.6) is 0 Å². The van der Waals surface area contributed by atoms with Gasteiger partial charge < -0.3 is 5.32 Å². The molecule has 1 aromatic rings. The van der Waals surface area contributed by atoms with Gasteiger partial charge in [0, 0.05) is 32.4 Å². The number of nitro groups is 1. The molecule has 0 spiro atoms. The molecule has 8 nitrogen and oxygen atoms in total. The topological polar surface area (TPSA) is 105 Å². The van der Waals surface area contributed by atoms with Crippen molar-refractivity contribution in [1.29, 1.82) is 0 Å². The van der Waals surface area contributed by atoms with E-state index >= 15 is 0 Å². The van der Waals surface area contributed by atoms with Gasteiger partial charge in [-0.05, 0) is 19.1 Å². The van der Waals surface area contributed by atoms with Crippen LogP contribution in [-0.4, -0.2) is 39.0 Å². The minimum absolute atomic E-state index is 0.371.